The van der Waals surface area contributed by atoms with Crippen molar-refractivity contribution in [2.24, 2.45) is 0 Å². The second-order valence-corrected chi connectivity index (χ2v) is 2.51. The summed E-state index contributed by atoms with van der Waals surface area (Å²) in [7, 11) is 0. The minimum absolute atomic E-state index is 0.0420. The van der Waals surface area contributed by atoms with Gasteiger partial charge in [-0.1, -0.05) is 24.3 Å². The van der Waals surface area contributed by atoms with Crippen LogP contribution >= 0.6 is 0 Å². The van der Waals surface area contributed by atoms with E-state index in [-0.39, 0.29) is 23.7 Å². The lowest BCUT2D eigenvalue weighted by atomic mass is 10.0. The lowest BCUT2D eigenvalue weighted by Gasteiger charge is -1.99. The first-order valence-electron chi connectivity index (χ1n) is 3.78. The molecule has 0 heterocycles. The molecule has 0 radical (unpaired) electrons. The van der Waals surface area contributed by atoms with Gasteiger partial charge >= 0.3 is 0 Å². The second-order valence-electron chi connectivity index (χ2n) is 2.51. The van der Waals surface area contributed by atoms with E-state index in [9.17, 15) is 19.2 Å². The van der Waals surface area contributed by atoms with Gasteiger partial charge < -0.3 is 0 Å². The number of rotatable bonds is 4. The van der Waals surface area contributed by atoms with E-state index in [0.717, 1.165) is 0 Å². The third-order valence-electron chi connectivity index (χ3n) is 1.67. The zero-order chi connectivity index (χ0) is 10.6. The molecule has 0 saturated heterocycles. The number of ketones is 2. The molecule has 4 heteroatoms. The van der Waals surface area contributed by atoms with Gasteiger partial charge in [0.15, 0.2) is 12.6 Å². The summed E-state index contributed by atoms with van der Waals surface area (Å²) < 4.78 is 0. The van der Waals surface area contributed by atoms with Crippen LogP contribution in [0.2, 0.25) is 0 Å². The van der Waals surface area contributed by atoms with E-state index in [2.05, 4.69) is 0 Å². The fourth-order valence-electron chi connectivity index (χ4n) is 1.04. The van der Waals surface area contributed by atoms with Crippen LogP contribution in [0.3, 0.4) is 0 Å². The quantitative estimate of drug-likeness (QED) is 0.392. The van der Waals surface area contributed by atoms with Crippen LogP contribution in [-0.4, -0.2) is 24.1 Å². The van der Waals surface area contributed by atoms with Crippen LogP contribution in [0.1, 0.15) is 20.7 Å². The summed E-state index contributed by atoms with van der Waals surface area (Å²) in [5, 5.41) is 0. The zero-order valence-corrected chi connectivity index (χ0v) is 7.10. The molecule has 0 amide bonds. The van der Waals surface area contributed by atoms with Gasteiger partial charge in [0.1, 0.15) is 0 Å². The predicted octanol–water partition coefficient (Wildman–Crippen LogP) is 0.450. The van der Waals surface area contributed by atoms with Gasteiger partial charge in [-0.2, -0.15) is 0 Å². The fourth-order valence-corrected chi connectivity index (χ4v) is 1.04. The highest BCUT2D eigenvalue weighted by atomic mass is 16.2. The Balaban J connectivity index is 3.28. The molecule has 0 atom stereocenters. The third kappa shape index (κ3) is 1.80. The maximum atomic E-state index is 11.0. The number of carbonyl (C=O) groups is 4. The van der Waals surface area contributed by atoms with Crippen LogP contribution in [0.25, 0.3) is 0 Å². The Labute approximate surface area is 79.5 Å². The highest BCUT2D eigenvalue weighted by Crippen LogP contribution is 2.08. The molecule has 0 bridgehead atoms. The van der Waals surface area contributed by atoms with Gasteiger partial charge in [-0.3, -0.25) is 19.2 Å². The van der Waals surface area contributed by atoms with E-state index in [1.54, 1.807) is 0 Å². The largest absolute Gasteiger partial charge is 0.294 e. The molecule has 70 valence electrons. The van der Waals surface area contributed by atoms with Crippen molar-refractivity contribution in [2.45, 2.75) is 0 Å². The van der Waals surface area contributed by atoms with Crippen molar-refractivity contribution in [1.82, 2.24) is 0 Å². The van der Waals surface area contributed by atoms with E-state index >= 15 is 0 Å². The maximum absolute atomic E-state index is 11.0. The summed E-state index contributed by atoms with van der Waals surface area (Å²) in [5.74, 6) is -1.62. The molecular weight excluding hydrogens is 184 g/mol. The van der Waals surface area contributed by atoms with Crippen LogP contribution in [0, 0.1) is 0 Å². The normalized spacial score (nSPS) is 9.14. The summed E-state index contributed by atoms with van der Waals surface area (Å²) in [6, 6.07) is 5.68. The Morgan fingerprint density at radius 2 is 1.21 bits per heavy atom. The topological polar surface area (TPSA) is 68.3 Å². The van der Waals surface area contributed by atoms with Crippen molar-refractivity contribution in [2.75, 3.05) is 0 Å². The first-order chi connectivity index (χ1) is 6.70. The predicted molar refractivity (Wildman–Crippen MR) is 47.2 cm³/mol. The number of benzene rings is 1. The molecule has 0 aromatic heterocycles. The zero-order valence-electron chi connectivity index (χ0n) is 7.10. The molecule has 0 fully saturated rings. The average molecular weight is 190 g/mol. The first kappa shape index (κ1) is 9.98. The van der Waals surface area contributed by atoms with Crippen molar-refractivity contribution < 1.29 is 19.2 Å². The first-order valence-corrected chi connectivity index (χ1v) is 3.78. The van der Waals surface area contributed by atoms with Gasteiger partial charge in [-0.05, 0) is 0 Å². The lowest BCUT2D eigenvalue weighted by molar-refractivity contribution is -0.105. The third-order valence-corrected chi connectivity index (χ3v) is 1.67. The molecule has 0 N–H and O–H groups in total. The number of hydrogen-bond acceptors (Lipinski definition) is 4. The van der Waals surface area contributed by atoms with E-state index in [1.165, 1.54) is 24.3 Å². The lowest BCUT2D eigenvalue weighted by Crippen LogP contribution is -2.10. The monoisotopic (exact) mass is 190 g/mol. The SMILES string of the molecule is O=CC(=O)c1ccccc1C(=O)C=O. The van der Waals surface area contributed by atoms with Gasteiger partial charge in [-0.25, -0.2) is 0 Å². The molecule has 1 aromatic carbocycles. The van der Waals surface area contributed by atoms with Gasteiger partial charge in [0.25, 0.3) is 0 Å². The van der Waals surface area contributed by atoms with Crippen LogP contribution in [0.4, 0.5) is 0 Å². The minimum Gasteiger partial charge on any atom is -0.294 e. The molecule has 0 unspecified atom stereocenters. The molecule has 0 aliphatic heterocycles. The van der Waals surface area contributed by atoms with Gasteiger partial charge in [-0.15, -0.1) is 0 Å². The minimum atomic E-state index is -0.809. The van der Waals surface area contributed by atoms with Crippen LogP contribution in [0.5, 0.6) is 0 Å². The molecule has 1 rings (SSSR count). The Hall–Kier alpha value is -2.10. The smallest absolute Gasteiger partial charge is 0.226 e. The van der Waals surface area contributed by atoms with Gasteiger partial charge in [0, 0.05) is 11.1 Å². The number of carbonyl (C=O) groups excluding carboxylic acids is 4. The van der Waals surface area contributed by atoms with Crippen molar-refractivity contribution in [3.63, 3.8) is 0 Å². The summed E-state index contributed by atoms with van der Waals surface area (Å²) in [6.45, 7) is 0. The Kier molecular flexibility index (Phi) is 3.01. The maximum Gasteiger partial charge on any atom is 0.226 e. The standard InChI is InChI=1S/C10H6O4/c11-5-9(13)7-3-1-2-4-8(7)10(14)6-12/h1-6H. The summed E-state index contributed by atoms with van der Waals surface area (Å²) >= 11 is 0. The summed E-state index contributed by atoms with van der Waals surface area (Å²) in [6.07, 6.45) is 0.216. The average Bonchev–Trinajstić information content (AvgIpc) is 2.27. The fraction of sp³-hybridized carbons (Fsp3) is 0. The van der Waals surface area contributed by atoms with E-state index in [0.29, 0.717) is 0 Å². The second kappa shape index (κ2) is 4.23. The summed E-state index contributed by atoms with van der Waals surface area (Å²) in [5.41, 5.74) is -0.0841. The Bertz CT molecular complexity index is 367. The molecule has 4 nitrogen and oxygen atoms in total. The van der Waals surface area contributed by atoms with Crippen molar-refractivity contribution in [3.05, 3.63) is 35.4 Å². The van der Waals surface area contributed by atoms with E-state index in [1.807, 2.05) is 0 Å². The van der Waals surface area contributed by atoms with Gasteiger partial charge in [0.05, 0.1) is 0 Å². The van der Waals surface area contributed by atoms with E-state index < -0.39 is 11.6 Å². The van der Waals surface area contributed by atoms with E-state index in [4.69, 9.17) is 0 Å². The Morgan fingerprint density at radius 1 is 0.857 bits per heavy atom. The molecule has 1 aromatic rings. The molecule has 0 aliphatic rings. The van der Waals surface area contributed by atoms with Crippen molar-refractivity contribution >= 4 is 24.1 Å². The number of hydrogen-bond donors (Lipinski definition) is 0. The summed E-state index contributed by atoms with van der Waals surface area (Å²) in [4.78, 5) is 42.5. The molecule has 0 aliphatic carbocycles. The van der Waals surface area contributed by atoms with Crippen LogP contribution < -0.4 is 0 Å². The highest BCUT2D eigenvalue weighted by Gasteiger charge is 2.14. The van der Waals surface area contributed by atoms with Gasteiger partial charge in [0.2, 0.25) is 11.6 Å². The van der Waals surface area contributed by atoms with Crippen molar-refractivity contribution in [1.29, 1.82) is 0 Å². The Morgan fingerprint density at radius 3 is 1.50 bits per heavy atom. The highest BCUT2D eigenvalue weighted by molar-refractivity contribution is 6.40. The number of aldehydes is 2. The van der Waals surface area contributed by atoms with Crippen LogP contribution in [-0.2, 0) is 9.59 Å². The number of Topliss-reactive ketones (excluding diaryl/α,β-unsaturated/α-hetero) is 2. The van der Waals surface area contributed by atoms with Crippen LogP contribution in [0.15, 0.2) is 24.3 Å². The van der Waals surface area contributed by atoms with Crippen molar-refractivity contribution in [3.8, 4) is 0 Å². The molecule has 14 heavy (non-hydrogen) atoms. The molecule has 0 saturated carbocycles. The molecular formula is C10H6O4. The molecule has 0 spiro atoms.